The molecule has 1 aliphatic rings. The molecule has 4 aromatic carbocycles. The van der Waals surface area contributed by atoms with Gasteiger partial charge in [-0.25, -0.2) is 9.59 Å². The van der Waals surface area contributed by atoms with E-state index < -0.39 is 35.7 Å². The van der Waals surface area contributed by atoms with Crippen molar-refractivity contribution >= 4 is 70.3 Å². The number of carbonyl (C=O) groups excluding carboxylic acids is 4. The molecular formula is C38H32Cl4O8. The van der Waals surface area contributed by atoms with Crippen LogP contribution in [0.1, 0.15) is 60.2 Å². The first-order valence-corrected chi connectivity index (χ1v) is 17.5. The predicted molar refractivity (Wildman–Crippen MR) is 192 cm³/mol. The van der Waals surface area contributed by atoms with Crippen LogP contribution in [0.5, 0.6) is 11.5 Å². The lowest BCUT2D eigenvalue weighted by Gasteiger charge is -2.26. The number of hydrogen-bond donors (Lipinski definition) is 0. The lowest BCUT2D eigenvalue weighted by atomic mass is 9.82. The summed E-state index contributed by atoms with van der Waals surface area (Å²) in [5, 5.41) is 1.13. The molecule has 1 fully saturated rings. The van der Waals surface area contributed by atoms with E-state index in [2.05, 4.69) is 0 Å². The van der Waals surface area contributed by atoms with Gasteiger partial charge in [-0.3, -0.25) is 9.59 Å². The van der Waals surface area contributed by atoms with Gasteiger partial charge < -0.3 is 18.9 Å². The van der Waals surface area contributed by atoms with E-state index in [0.717, 1.165) is 0 Å². The fraction of sp³-hybridized carbons (Fsp3) is 0.263. The van der Waals surface area contributed by atoms with E-state index in [-0.39, 0.29) is 34.8 Å². The van der Waals surface area contributed by atoms with Crippen LogP contribution in [0.2, 0.25) is 20.1 Å². The Morgan fingerprint density at radius 1 is 0.540 bits per heavy atom. The van der Waals surface area contributed by atoms with Crippen LogP contribution >= 0.6 is 46.4 Å². The second-order valence-electron chi connectivity index (χ2n) is 11.5. The van der Waals surface area contributed by atoms with Gasteiger partial charge in [-0.1, -0.05) is 70.7 Å². The summed E-state index contributed by atoms with van der Waals surface area (Å²) in [6.07, 6.45) is 1.74. The molecule has 0 heterocycles. The molecule has 1 saturated carbocycles. The van der Waals surface area contributed by atoms with Gasteiger partial charge in [0.1, 0.15) is 11.5 Å². The van der Waals surface area contributed by atoms with E-state index >= 15 is 0 Å². The molecule has 0 amide bonds. The van der Waals surface area contributed by atoms with Crippen molar-refractivity contribution in [2.45, 2.75) is 39.5 Å². The summed E-state index contributed by atoms with van der Waals surface area (Å²) >= 11 is 25.8. The second-order valence-corrected chi connectivity index (χ2v) is 13.1. The second kappa shape index (κ2) is 16.8. The van der Waals surface area contributed by atoms with Crippen molar-refractivity contribution in [1.29, 1.82) is 0 Å². The number of hydrogen-bond acceptors (Lipinski definition) is 8. The van der Waals surface area contributed by atoms with Crippen LogP contribution in [-0.4, -0.2) is 37.1 Å². The number of rotatable bonds is 10. The molecule has 8 nitrogen and oxygen atoms in total. The van der Waals surface area contributed by atoms with Crippen molar-refractivity contribution in [2.24, 2.45) is 11.8 Å². The Bertz CT molecular complexity index is 1800. The van der Waals surface area contributed by atoms with Crippen LogP contribution in [0.15, 0.2) is 72.8 Å². The molecule has 5 rings (SSSR count). The molecule has 50 heavy (non-hydrogen) atoms. The van der Waals surface area contributed by atoms with Crippen LogP contribution in [0.4, 0.5) is 0 Å². The lowest BCUT2D eigenvalue weighted by Crippen LogP contribution is -2.30. The normalized spacial score (nSPS) is 15.6. The van der Waals surface area contributed by atoms with E-state index in [1.165, 1.54) is 12.1 Å². The minimum atomic E-state index is -0.466. The maximum atomic E-state index is 13.0. The summed E-state index contributed by atoms with van der Waals surface area (Å²) in [5.74, 6) is -2.22. The Hall–Kier alpha value is -4.08. The van der Waals surface area contributed by atoms with Gasteiger partial charge in [0, 0.05) is 21.2 Å². The lowest BCUT2D eigenvalue weighted by molar-refractivity contribution is -0.145. The molecule has 0 radical (unpaired) electrons. The van der Waals surface area contributed by atoms with Crippen LogP contribution in [0, 0.1) is 11.8 Å². The van der Waals surface area contributed by atoms with Crippen molar-refractivity contribution in [3.8, 4) is 33.8 Å². The quantitative estimate of drug-likeness (QED) is 0.116. The van der Waals surface area contributed by atoms with Crippen molar-refractivity contribution in [3.63, 3.8) is 0 Å². The highest BCUT2D eigenvalue weighted by molar-refractivity contribution is 6.35. The molecule has 0 saturated heterocycles. The Morgan fingerprint density at radius 2 is 0.920 bits per heavy atom. The summed E-state index contributed by atoms with van der Waals surface area (Å²) in [6, 6.07) is 19.6. The first kappa shape index (κ1) is 37.2. The van der Waals surface area contributed by atoms with Crippen molar-refractivity contribution in [3.05, 3.63) is 104 Å². The standard InChI is InChI=1S/C38H32Cl4O8/c1-3-47-35(43)25-9-13-27(29(39)19-25)23-11-15-33(31(41)17-23)49-37(45)21-5-7-22(8-6-21)38(46)50-34-16-12-24(18-32(34)42)28-14-10-26(20-30(28)40)36(44)48-4-2/h9-22H,3-8H2,1-2H3/t21-,22-. The summed E-state index contributed by atoms with van der Waals surface area (Å²) in [7, 11) is 0. The van der Waals surface area contributed by atoms with E-state index in [0.29, 0.717) is 69.1 Å². The summed E-state index contributed by atoms with van der Waals surface area (Å²) in [5.41, 5.74) is 3.32. The molecule has 260 valence electrons. The molecule has 12 heteroatoms. The topological polar surface area (TPSA) is 105 Å². The van der Waals surface area contributed by atoms with Gasteiger partial charge in [-0.15, -0.1) is 0 Å². The summed E-state index contributed by atoms with van der Waals surface area (Å²) in [4.78, 5) is 50.1. The molecule has 0 N–H and O–H groups in total. The predicted octanol–water partition coefficient (Wildman–Crippen LogP) is 10.3. The Labute approximate surface area is 309 Å². The Balaban J connectivity index is 1.15. The van der Waals surface area contributed by atoms with Crippen molar-refractivity contribution in [1.82, 2.24) is 0 Å². The molecule has 0 unspecified atom stereocenters. The van der Waals surface area contributed by atoms with E-state index in [1.807, 2.05) is 0 Å². The zero-order chi connectivity index (χ0) is 35.9. The molecular weight excluding hydrogens is 726 g/mol. The molecule has 4 aromatic rings. The van der Waals surface area contributed by atoms with Gasteiger partial charge in [-0.2, -0.15) is 0 Å². The maximum Gasteiger partial charge on any atom is 0.338 e. The average Bonchev–Trinajstić information content (AvgIpc) is 3.10. The molecule has 0 aliphatic heterocycles. The first-order chi connectivity index (χ1) is 24.0. The van der Waals surface area contributed by atoms with Gasteiger partial charge >= 0.3 is 23.9 Å². The smallest absolute Gasteiger partial charge is 0.338 e. The molecule has 0 atom stereocenters. The molecule has 0 bridgehead atoms. The van der Waals surface area contributed by atoms with Gasteiger partial charge in [0.25, 0.3) is 0 Å². The van der Waals surface area contributed by atoms with Gasteiger partial charge in [0.15, 0.2) is 0 Å². The van der Waals surface area contributed by atoms with Gasteiger partial charge in [0.05, 0.1) is 46.2 Å². The molecule has 1 aliphatic carbocycles. The maximum absolute atomic E-state index is 13.0. The van der Waals surface area contributed by atoms with E-state index in [4.69, 9.17) is 65.4 Å². The Kier molecular flexibility index (Phi) is 12.5. The van der Waals surface area contributed by atoms with E-state index in [1.54, 1.807) is 74.5 Å². The third-order valence-electron chi connectivity index (χ3n) is 8.26. The highest BCUT2D eigenvalue weighted by atomic mass is 35.5. The monoisotopic (exact) mass is 756 g/mol. The van der Waals surface area contributed by atoms with Crippen LogP contribution in [0.3, 0.4) is 0 Å². The number of halogens is 4. The highest BCUT2D eigenvalue weighted by Crippen LogP contribution is 2.38. The number of benzene rings is 4. The van der Waals surface area contributed by atoms with Crippen LogP contribution in [-0.2, 0) is 19.1 Å². The van der Waals surface area contributed by atoms with Crippen molar-refractivity contribution < 1.29 is 38.1 Å². The fourth-order valence-corrected chi connectivity index (χ4v) is 6.65. The van der Waals surface area contributed by atoms with Crippen LogP contribution in [0.25, 0.3) is 22.3 Å². The zero-order valence-corrected chi connectivity index (χ0v) is 30.1. The number of carbonyl (C=O) groups is 4. The molecule has 0 aromatic heterocycles. The minimum absolute atomic E-state index is 0.204. The number of ether oxygens (including phenoxy) is 4. The number of esters is 4. The zero-order valence-electron chi connectivity index (χ0n) is 27.1. The largest absolute Gasteiger partial charge is 0.462 e. The fourth-order valence-electron chi connectivity index (χ4n) is 5.63. The highest BCUT2D eigenvalue weighted by Gasteiger charge is 2.33. The van der Waals surface area contributed by atoms with Gasteiger partial charge in [0.2, 0.25) is 0 Å². The SMILES string of the molecule is CCOC(=O)c1ccc(-c2ccc(OC(=O)[C@H]3CC[C@H](C(=O)Oc4ccc(-c5ccc(C(=O)OCC)cc5Cl)cc4Cl)CC3)c(Cl)c2)c(Cl)c1. The summed E-state index contributed by atoms with van der Waals surface area (Å²) in [6.45, 7) is 3.95. The third-order valence-corrected chi connectivity index (χ3v) is 9.48. The van der Waals surface area contributed by atoms with Crippen LogP contribution < -0.4 is 9.47 Å². The van der Waals surface area contributed by atoms with E-state index in [9.17, 15) is 19.2 Å². The minimum Gasteiger partial charge on any atom is -0.462 e. The third kappa shape index (κ3) is 8.79. The van der Waals surface area contributed by atoms with Gasteiger partial charge in [-0.05, 0) is 99.2 Å². The average molecular weight is 758 g/mol. The first-order valence-electron chi connectivity index (χ1n) is 16.0. The summed E-state index contributed by atoms with van der Waals surface area (Å²) < 4.78 is 21.3. The Morgan fingerprint density at radius 3 is 1.24 bits per heavy atom. The molecule has 0 spiro atoms. The van der Waals surface area contributed by atoms with Crippen molar-refractivity contribution in [2.75, 3.05) is 13.2 Å².